The van der Waals surface area contributed by atoms with Gasteiger partial charge in [-0.25, -0.2) is 4.98 Å². The highest BCUT2D eigenvalue weighted by Gasteiger charge is 2.18. The van der Waals surface area contributed by atoms with E-state index in [0.29, 0.717) is 27.6 Å². The maximum absolute atomic E-state index is 12.5. The molecule has 2 N–H and O–H groups in total. The summed E-state index contributed by atoms with van der Waals surface area (Å²) in [6.07, 6.45) is 0. The molecule has 0 unspecified atom stereocenters. The fourth-order valence-electron chi connectivity index (χ4n) is 2.80. The van der Waals surface area contributed by atoms with Gasteiger partial charge in [0, 0.05) is 22.2 Å². The molecule has 2 aromatic heterocycles. The van der Waals surface area contributed by atoms with Gasteiger partial charge in [0.1, 0.15) is 5.52 Å². The number of ketones is 1. The van der Waals surface area contributed by atoms with Crippen LogP contribution in [0.4, 0.5) is 5.69 Å². The molecule has 7 nitrogen and oxygen atoms in total. The quantitative estimate of drug-likeness (QED) is 0.396. The van der Waals surface area contributed by atoms with Gasteiger partial charge in [0.2, 0.25) is 11.1 Å². The van der Waals surface area contributed by atoms with Gasteiger partial charge >= 0.3 is 0 Å². The molecule has 8 heteroatoms. The van der Waals surface area contributed by atoms with Crippen LogP contribution in [-0.2, 0) is 4.79 Å². The Bertz CT molecular complexity index is 1190. The Morgan fingerprint density at radius 3 is 2.57 bits per heavy atom. The van der Waals surface area contributed by atoms with Crippen LogP contribution >= 0.6 is 11.8 Å². The number of nitrogens with one attached hydrogen (secondary N) is 2. The summed E-state index contributed by atoms with van der Waals surface area (Å²) in [6.45, 7) is 3.28. The summed E-state index contributed by atoms with van der Waals surface area (Å²) in [6, 6.07) is 14.6. The van der Waals surface area contributed by atoms with Crippen molar-refractivity contribution in [2.75, 3.05) is 5.32 Å². The summed E-state index contributed by atoms with van der Waals surface area (Å²) in [7, 11) is 0. The third-order valence-corrected chi connectivity index (χ3v) is 5.26. The number of aromatic amines is 1. The van der Waals surface area contributed by atoms with Crippen molar-refractivity contribution in [2.24, 2.45) is 0 Å². The number of nitrogens with zero attached hydrogens (tertiary/aromatic N) is 3. The van der Waals surface area contributed by atoms with Gasteiger partial charge in [-0.15, -0.1) is 10.2 Å². The number of anilines is 1. The Morgan fingerprint density at radius 1 is 1.07 bits per heavy atom. The van der Waals surface area contributed by atoms with Gasteiger partial charge in [-0.2, -0.15) is 0 Å². The summed E-state index contributed by atoms with van der Waals surface area (Å²) in [5.74, 6) is -0.195. The molecule has 0 saturated carbocycles. The topological polar surface area (TPSA) is 101 Å². The Morgan fingerprint density at radius 2 is 1.82 bits per heavy atom. The molecule has 0 aliphatic heterocycles. The molecule has 2 heterocycles. The second-order valence-corrected chi connectivity index (χ2v) is 7.65. The predicted octanol–water partition coefficient (Wildman–Crippen LogP) is 3.83. The lowest BCUT2D eigenvalue weighted by Gasteiger charge is -2.11. The molecule has 0 saturated heterocycles. The molecule has 140 valence electrons. The number of hydrogen-bond acceptors (Lipinski definition) is 6. The number of thioether (sulfide) groups is 1. The Hall–Kier alpha value is -3.26. The van der Waals surface area contributed by atoms with Gasteiger partial charge in [-0.1, -0.05) is 30.0 Å². The smallest absolute Gasteiger partial charge is 0.237 e. The number of fused-ring (bicyclic) bond motifs is 3. The van der Waals surface area contributed by atoms with Crippen molar-refractivity contribution in [3.8, 4) is 0 Å². The van der Waals surface area contributed by atoms with Crippen molar-refractivity contribution in [1.29, 1.82) is 0 Å². The fraction of sp³-hybridized carbons (Fsp3) is 0.150. The third kappa shape index (κ3) is 3.59. The van der Waals surface area contributed by atoms with Crippen LogP contribution in [0.5, 0.6) is 0 Å². The monoisotopic (exact) mass is 391 g/mol. The number of H-pyrrole nitrogens is 1. The van der Waals surface area contributed by atoms with Crippen molar-refractivity contribution >= 4 is 51.2 Å². The number of amides is 1. The first-order valence-electron chi connectivity index (χ1n) is 8.71. The molecular weight excluding hydrogens is 374 g/mol. The van der Waals surface area contributed by atoms with E-state index in [1.54, 1.807) is 31.2 Å². The minimum Gasteiger partial charge on any atom is -0.338 e. The molecule has 4 rings (SSSR count). The zero-order chi connectivity index (χ0) is 19.7. The zero-order valence-corrected chi connectivity index (χ0v) is 16.1. The van der Waals surface area contributed by atoms with E-state index < -0.39 is 5.25 Å². The average molecular weight is 391 g/mol. The summed E-state index contributed by atoms with van der Waals surface area (Å²) in [5, 5.41) is 12.2. The van der Waals surface area contributed by atoms with E-state index >= 15 is 0 Å². The summed E-state index contributed by atoms with van der Waals surface area (Å²) in [4.78, 5) is 31.5. The Kier molecular flexibility index (Phi) is 4.79. The lowest BCUT2D eigenvalue weighted by atomic mass is 10.1. The van der Waals surface area contributed by atoms with Crippen molar-refractivity contribution in [1.82, 2.24) is 20.2 Å². The van der Waals surface area contributed by atoms with Crippen LogP contribution in [0.25, 0.3) is 22.1 Å². The van der Waals surface area contributed by atoms with Crippen LogP contribution in [-0.4, -0.2) is 37.1 Å². The second-order valence-electron chi connectivity index (χ2n) is 6.35. The van der Waals surface area contributed by atoms with E-state index in [4.69, 9.17) is 0 Å². The van der Waals surface area contributed by atoms with E-state index in [0.717, 1.165) is 10.9 Å². The SMILES string of the molecule is CC(=O)c1ccc(NC(=O)[C@H](C)Sc2nnc3c(n2)[nH]c2ccccc23)cc1. The molecule has 0 fully saturated rings. The highest BCUT2D eigenvalue weighted by Crippen LogP contribution is 2.25. The summed E-state index contributed by atoms with van der Waals surface area (Å²) < 4.78 is 0. The first-order chi connectivity index (χ1) is 13.5. The van der Waals surface area contributed by atoms with Gasteiger partial charge in [0.25, 0.3) is 0 Å². The molecule has 0 spiro atoms. The first-order valence-corrected chi connectivity index (χ1v) is 9.59. The van der Waals surface area contributed by atoms with Gasteiger partial charge in [-0.3, -0.25) is 9.59 Å². The number of carbonyl (C=O) groups is 2. The van der Waals surface area contributed by atoms with Gasteiger partial charge < -0.3 is 10.3 Å². The van der Waals surface area contributed by atoms with E-state index in [-0.39, 0.29) is 11.7 Å². The fourth-order valence-corrected chi connectivity index (χ4v) is 3.51. The van der Waals surface area contributed by atoms with E-state index in [9.17, 15) is 9.59 Å². The number of benzene rings is 2. The lowest BCUT2D eigenvalue weighted by Crippen LogP contribution is -2.22. The average Bonchev–Trinajstić information content (AvgIpc) is 3.06. The Balaban J connectivity index is 1.47. The molecular formula is C20H17N5O2S. The number of aromatic nitrogens is 4. The van der Waals surface area contributed by atoms with Crippen LogP contribution in [0.2, 0.25) is 0 Å². The minimum absolute atomic E-state index is 0.0150. The second kappa shape index (κ2) is 7.40. The number of hydrogen-bond donors (Lipinski definition) is 2. The molecule has 1 amide bonds. The number of rotatable bonds is 5. The number of para-hydroxylation sites is 1. The van der Waals surface area contributed by atoms with Gasteiger partial charge in [0.05, 0.1) is 5.25 Å². The minimum atomic E-state index is -0.420. The largest absolute Gasteiger partial charge is 0.338 e. The summed E-state index contributed by atoms with van der Waals surface area (Å²) >= 11 is 1.23. The molecule has 4 aromatic rings. The van der Waals surface area contributed by atoms with E-state index in [1.165, 1.54) is 18.7 Å². The molecule has 0 bridgehead atoms. The normalized spacial score (nSPS) is 12.2. The van der Waals surface area contributed by atoms with Crippen LogP contribution in [0.1, 0.15) is 24.2 Å². The molecule has 28 heavy (non-hydrogen) atoms. The van der Waals surface area contributed by atoms with Gasteiger partial charge in [0.15, 0.2) is 11.4 Å². The maximum atomic E-state index is 12.5. The zero-order valence-electron chi connectivity index (χ0n) is 15.3. The van der Waals surface area contributed by atoms with Crippen LogP contribution in [0.15, 0.2) is 53.7 Å². The van der Waals surface area contributed by atoms with Crippen LogP contribution < -0.4 is 5.32 Å². The van der Waals surface area contributed by atoms with Crippen molar-refractivity contribution < 1.29 is 9.59 Å². The number of Topliss-reactive ketones (excluding diaryl/α,β-unsaturated/α-hetero) is 1. The molecule has 1 atom stereocenters. The van der Waals surface area contributed by atoms with E-state index in [2.05, 4.69) is 25.5 Å². The highest BCUT2D eigenvalue weighted by atomic mass is 32.2. The molecule has 0 radical (unpaired) electrons. The number of carbonyl (C=O) groups excluding carboxylic acids is 2. The van der Waals surface area contributed by atoms with Crippen LogP contribution in [0.3, 0.4) is 0 Å². The molecule has 0 aliphatic rings. The van der Waals surface area contributed by atoms with Crippen molar-refractivity contribution in [3.05, 3.63) is 54.1 Å². The summed E-state index contributed by atoms with van der Waals surface area (Å²) in [5.41, 5.74) is 3.54. The van der Waals surface area contributed by atoms with Crippen molar-refractivity contribution in [3.63, 3.8) is 0 Å². The van der Waals surface area contributed by atoms with E-state index in [1.807, 2.05) is 24.3 Å². The Labute approximate surface area is 165 Å². The lowest BCUT2D eigenvalue weighted by molar-refractivity contribution is -0.115. The van der Waals surface area contributed by atoms with Crippen LogP contribution in [0, 0.1) is 0 Å². The maximum Gasteiger partial charge on any atom is 0.237 e. The molecule has 0 aliphatic carbocycles. The first kappa shape index (κ1) is 18.1. The van der Waals surface area contributed by atoms with Crippen molar-refractivity contribution in [2.45, 2.75) is 24.3 Å². The van der Waals surface area contributed by atoms with Gasteiger partial charge in [-0.05, 0) is 44.2 Å². The third-order valence-electron chi connectivity index (χ3n) is 4.31. The predicted molar refractivity (Wildman–Crippen MR) is 110 cm³/mol. The molecule has 2 aromatic carbocycles. The highest BCUT2D eigenvalue weighted by molar-refractivity contribution is 8.00. The standard InChI is InChI=1S/C20H17N5O2S/c1-11(26)13-7-9-14(10-8-13)21-19(27)12(2)28-20-23-18-17(24-25-20)15-5-3-4-6-16(15)22-18/h3-10,12H,1-2H3,(H,21,27)(H,22,23,25)/t12-/m0/s1.